The molecule has 0 radical (unpaired) electrons. The quantitative estimate of drug-likeness (QED) is 0.855. The summed E-state index contributed by atoms with van der Waals surface area (Å²) in [7, 11) is 0. The van der Waals surface area contributed by atoms with Crippen molar-refractivity contribution in [2.75, 3.05) is 0 Å². The van der Waals surface area contributed by atoms with Crippen LogP contribution in [0, 0.1) is 12.8 Å². The van der Waals surface area contributed by atoms with Gasteiger partial charge in [0.2, 0.25) is 0 Å². The largest absolute Gasteiger partial charge is 0.389 e. The fourth-order valence-corrected chi connectivity index (χ4v) is 2.77. The lowest BCUT2D eigenvalue weighted by atomic mass is 9.82. The van der Waals surface area contributed by atoms with Gasteiger partial charge in [0.05, 0.1) is 6.10 Å². The van der Waals surface area contributed by atoms with E-state index in [4.69, 9.17) is 0 Å². The van der Waals surface area contributed by atoms with Crippen LogP contribution in [0.1, 0.15) is 68.6 Å². The zero-order valence-electron chi connectivity index (χ0n) is 11.0. The monoisotopic (exact) mass is 234 g/mol. The van der Waals surface area contributed by atoms with E-state index in [0.29, 0.717) is 5.92 Å². The van der Waals surface area contributed by atoms with E-state index >= 15 is 0 Å². The van der Waals surface area contributed by atoms with E-state index < -0.39 is 6.10 Å². The molecule has 3 heteroatoms. The van der Waals surface area contributed by atoms with Gasteiger partial charge in [-0.25, -0.2) is 9.97 Å². The molecule has 0 spiro atoms. The highest BCUT2D eigenvalue weighted by molar-refractivity contribution is 5.19. The van der Waals surface area contributed by atoms with E-state index in [0.717, 1.165) is 23.0 Å². The third-order valence-corrected chi connectivity index (χ3v) is 3.79. The van der Waals surface area contributed by atoms with Crippen molar-refractivity contribution in [2.24, 2.45) is 5.92 Å². The third kappa shape index (κ3) is 2.83. The summed E-state index contributed by atoms with van der Waals surface area (Å²) in [5.41, 5.74) is 1.76. The Hall–Kier alpha value is -0.960. The van der Waals surface area contributed by atoms with Crippen molar-refractivity contribution in [3.05, 3.63) is 23.3 Å². The van der Waals surface area contributed by atoms with Gasteiger partial charge in [-0.3, -0.25) is 0 Å². The summed E-state index contributed by atoms with van der Waals surface area (Å²) in [6.07, 6.45) is 6.34. The first-order valence-electron chi connectivity index (χ1n) is 6.59. The molecule has 17 heavy (non-hydrogen) atoms. The Bertz CT molecular complexity index is 390. The van der Waals surface area contributed by atoms with Crippen molar-refractivity contribution in [1.29, 1.82) is 0 Å². The Balaban J connectivity index is 2.19. The highest BCUT2D eigenvalue weighted by atomic mass is 16.3. The van der Waals surface area contributed by atoms with Crippen LogP contribution in [0.4, 0.5) is 0 Å². The van der Waals surface area contributed by atoms with Crippen LogP contribution >= 0.6 is 0 Å². The molecule has 1 aliphatic rings. The number of aromatic nitrogens is 2. The summed E-state index contributed by atoms with van der Waals surface area (Å²) >= 11 is 0. The van der Waals surface area contributed by atoms with Gasteiger partial charge in [0.25, 0.3) is 0 Å². The Morgan fingerprint density at radius 2 is 2.18 bits per heavy atom. The van der Waals surface area contributed by atoms with Crippen LogP contribution in [0.25, 0.3) is 0 Å². The van der Waals surface area contributed by atoms with Crippen LogP contribution < -0.4 is 0 Å². The van der Waals surface area contributed by atoms with Gasteiger partial charge in [-0.1, -0.05) is 19.8 Å². The SMILES string of the molecule is Cc1nc(C2CCCC(C)C2)ncc1[C@H](C)O. The molecule has 1 aromatic rings. The maximum Gasteiger partial charge on any atom is 0.131 e. The summed E-state index contributed by atoms with van der Waals surface area (Å²) < 4.78 is 0. The second-order valence-electron chi connectivity index (χ2n) is 5.41. The molecule has 2 rings (SSSR count). The predicted octanol–water partition coefficient (Wildman–Crippen LogP) is 3.13. The standard InChI is InChI=1S/C14H22N2O/c1-9-5-4-6-12(7-9)14-15-8-13(11(3)17)10(2)16-14/h8-9,11-12,17H,4-7H2,1-3H3/t9?,11-,12?/m0/s1. The van der Waals surface area contributed by atoms with E-state index in [2.05, 4.69) is 16.9 Å². The molecule has 0 aromatic carbocycles. The molecule has 1 heterocycles. The van der Waals surface area contributed by atoms with Crippen LogP contribution in [0.2, 0.25) is 0 Å². The number of rotatable bonds is 2. The van der Waals surface area contributed by atoms with E-state index in [1.807, 2.05) is 6.92 Å². The first kappa shape index (κ1) is 12.5. The van der Waals surface area contributed by atoms with Crippen LogP contribution in [0.3, 0.4) is 0 Å². The minimum atomic E-state index is -0.477. The maximum absolute atomic E-state index is 9.57. The Morgan fingerprint density at radius 3 is 2.76 bits per heavy atom. The second kappa shape index (κ2) is 5.13. The summed E-state index contributed by atoms with van der Waals surface area (Å²) in [5, 5.41) is 9.57. The molecule has 3 nitrogen and oxygen atoms in total. The van der Waals surface area contributed by atoms with Crippen molar-refractivity contribution in [2.45, 2.75) is 58.5 Å². The summed E-state index contributed by atoms with van der Waals surface area (Å²) in [5.74, 6) is 2.27. The second-order valence-corrected chi connectivity index (χ2v) is 5.41. The number of hydrogen-bond acceptors (Lipinski definition) is 3. The molecule has 0 bridgehead atoms. The molecule has 1 N–H and O–H groups in total. The summed E-state index contributed by atoms with van der Waals surface area (Å²) in [6, 6.07) is 0. The molecule has 0 amide bonds. The minimum absolute atomic E-state index is 0.477. The van der Waals surface area contributed by atoms with Gasteiger partial charge in [0.1, 0.15) is 5.82 Å². The first-order valence-corrected chi connectivity index (χ1v) is 6.59. The Labute approximate surface area is 103 Å². The zero-order valence-corrected chi connectivity index (χ0v) is 11.0. The van der Waals surface area contributed by atoms with Crippen LogP contribution in [0.5, 0.6) is 0 Å². The molecule has 2 unspecified atom stereocenters. The van der Waals surface area contributed by atoms with Gasteiger partial charge in [-0.2, -0.15) is 0 Å². The fourth-order valence-electron chi connectivity index (χ4n) is 2.77. The zero-order chi connectivity index (χ0) is 12.4. The molecule has 0 saturated heterocycles. The van der Waals surface area contributed by atoms with Crippen LogP contribution in [-0.2, 0) is 0 Å². The Kier molecular flexibility index (Phi) is 3.77. The molecule has 1 aromatic heterocycles. The van der Waals surface area contributed by atoms with E-state index in [1.54, 1.807) is 13.1 Å². The van der Waals surface area contributed by atoms with Crippen molar-refractivity contribution in [3.63, 3.8) is 0 Å². The van der Waals surface area contributed by atoms with Gasteiger partial charge in [-0.05, 0) is 32.6 Å². The smallest absolute Gasteiger partial charge is 0.131 e. The molecular weight excluding hydrogens is 212 g/mol. The van der Waals surface area contributed by atoms with Crippen LogP contribution in [-0.4, -0.2) is 15.1 Å². The van der Waals surface area contributed by atoms with Gasteiger partial charge < -0.3 is 5.11 Å². The van der Waals surface area contributed by atoms with Crippen molar-refractivity contribution in [3.8, 4) is 0 Å². The lowest BCUT2D eigenvalue weighted by Gasteiger charge is -2.26. The maximum atomic E-state index is 9.57. The number of hydrogen-bond donors (Lipinski definition) is 1. The average molecular weight is 234 g/mol. The molecule has 1 fully saturated rings. The third-order valence-electron chi connectivity index (χ3n) is 3.79. The number of aryl methyl sites for hydroxylation is 1. The highest BCUT2D eigenvalue weighted by Gasteiger charge is 2.23. The number of aliphatic hydroxyl groups is 1. The van der Waals surface area contributed by atoms with E-state index in [-0.39, 0.29) is 0 Å². The topological polar surface area (TPSA) is 46.0 Å². The van der Waals surface area contributed by atoms with Gasteiger partial charge >= 0.3 is 0 Å². The normalized spacial score (nSPS) is 26.8. The molecule has 3 atom stereocenters. The van der Waals surface area contributed by atoms with Crippen molar-refractivity contribution >= 4 is 0 Å². The van der Waals surface area contributed by atoms with E-state index in [9.17, 15) is 5.11 Å². The molecule has 94 valence electrons. The molecular formula is C14H22N2O. The number of nitrogens with zero attached hydrogens (tertiary/aromatic N) is 2. The van der Waals surface area contributed by atoms with Crippen LogP contribution in [0.15, 0.2) is 6.20 Å². The lowest BCUT2D eigenvalue weighted by molar-refractivity contribution is 0.197. The highest BCUT2D eigenvalue weighted by Crippen LogP contribution is 2.34. The van der Waals surface area contributed by atoms with E-state index in [1.165, 1.54) is 25.7 Å². The molecule has 0 aliphatic heterocycles. The first-order chi connectivity index (χ1) is 8.08. The van der Waals surface area contributed by atoms with Gasteiger partial charge in [0, 0.05) is 23.4 Å². The van der Waals surface area contributed by atoms with Gasteiger partial charge in [-0.15, -0.1) is 0 Å². The number of aliphatic hydroxyl groups excluding tert-OH is 1. The van der Waals surface area contributed by atoms with Gasteiger partial charge in [0.15, 0.2) is 0 Å². The fraction of sp³-hybridized carbons (Fsp3) is 0.714. The predicted molar refractivity (Wildman–Crippen MR) is 67.8 cm³/mol. The Morgan fingerprint density at radius 1 is 1.41 bits per heavy atom. The van der Waals surface area contributed by atoms with Crippen molar-refractivity contribution < 1.29 is 5.11 Å². The average Bonchev–Trinajstić information content (AvgIpc) is 2.28. The summed E-state index contributed by atoms with van der Waals surface area (Å²) in [4.78, 5) is 9.03. The summed E-state index contributed by atoms with van der Waals surface area (Å²) in [6.45, 7) is 6.02. The minimum Gasteiger partial charge on any atom is -0.389 e. The molecule has 1 saturated carbocycles. The molecule has 1 aliphatic carbocycles. The lowest BCUT2D eigenvalue weighted by Crippen LogP contribution is -2.15. The van der Waals surface area contributed by atoms with Crippen molar-refractivity contribution in [1.82, 2.24) is 9.97 Å².